The minimum atomic E-state index is -0.795. The van der Waals surface area contributed by atoms with E-state index in [1.807, 2.05) is 19.1 Å². The first-order valence-corrected chi connectivity index (χ1v) is 7.40. The van der Waals surface area contributed by atoms with Crippen LogP contribution in [0.5, 0.6) is 0 Å². The molecule has 1 saturated carbocycles. The molecular weight excluding hydrogens is 238 g/mol. The molecule has 1 aromatic heterocycles. The van der Waals surface area contributed by atoms with Crippen LogP contribution in [0.2, 0.25) is 0 Å². The van der Waals surface area contributed by atoms with Crippen LogP contribution in [0.4, 0.5) is 0 Å². The summed E-state index contributed by atoms with van der Waals surface area (Å²) >= 11 is 0. The van der Waals surface area contributed by atoms with E-state index in [9.17, 15) is 10.4 Å². The van der Waals surface area contributed by atoms with E-state index >= 15 is 0 Å². The van der Waals surface area contributed by atoms with E-state index in [0.29, 0.717) is 5.76 Å². The number of furan rings is 1. The van der Waals surface area contributed by atoms with Crippen molar-refractivity contribution in [1.82, 2.24) is 0 Å². The van der Waals surface area contributed by atoms with Crippen molar-refractivity contribution in [3.05, 3.63) is 23.7 Å². The molecule has 2 rings (SSSR count). The van der Waals surface area contributed by atoms with E-state index in [0.717, 1.165) is 50.7 Å². The van der Waals surface area contributed by atoms with E-state index in [1.165, 1.54) is 6.42 Å². The van der Waals surface area contributed by atoms with Gasteiger partial charge in [0.25, 0.3) is 0 Å². The lowest BCUT2D eigenvalue weighted by atomic mass is 9.72. The molecular formula is C16H23NO2. The lowest BCUT2D eigenvalue weighted by Gasteiger charge is -2.32. The van der Waals surface area contributed by atoms with Gasteiger partial charge >= 0.3 is 0 Å². The van der Waals surface area contributed by atoms with E-state index in [2.05, 4.69) is 6.07 Å². The van der Waals surface area contributed by atoms with Crippen LogP contribution >= 0.6 is 0 Å². The molecule has 1 N–H and O–H groups in total. The summed E-state index contributed by atoms with van der Waals surface area (Å²) in [4.78, 5) is 0. The summed E-state index contributed by atoms with van der Waals surface area (Å²) in [5, 5.41) is 20.2. The Bertz CT molecular complexity index is 436. The second-order valence-electron chi connectivity index (χ2n) is 5.60. The minimum Gasteiger partial charge on any atom is -0.463 e. The van der Waals surface area contributed by atoms with Gasteiger partial charge in [0, 0.05) is 6.42 Å². The molecule has 104 valence electrons. The van der Waals surface area contributed by atoms with Crippen molar-refractivity contribution in [2.45, 2.75) is 64.4 Å². The molecule has 0 spiro atoms. The third-order valence-electron chi connectivity index (χ3n) is 4.29. The number of nitrogens with zero attached hydrogens (tertiary/aromatic N) is 1. The Hall–Kier alpha value is -1.27. The molecule has 0 saturated heterocycles. The minimum absolute atomic E-state index is 0.555. The normalized spacial score (nSPS) is 21.1. The van der Waals surface area contributed by atoms with Gasteiger partial charge in [-0.05, 0) is 25.0 Å². The Morgan fingerprint density at radius 1 is 1.26 bits per heavy atom. The zero-order chi connectivity index (χ0) is 13.7. The van der Waals surface area contributed by atoms with Crippen LogP contribution in [0.1, 0.15) is 69.5 Å². The van der Waals surface area contributed by atoms with Crippen LogP contribution in [0.15, 0.2) is 16.5 Å². The Morgan fingerprint density at radius 3 is 2.42 bits per heavy atom. The van der Waals surface area contributed by atoms with Crippen molar-refractivity contribution in [3.63, 3.8) is 0 Å². The van der Waals surface area contributed by atoms with Crippen LogP contribution in [-0.2, 0) is 6.42 Å². The van der Waals surface area contributed by atoms with Gasteiger partial charge in [0.05, 0.1) is 11.5 Å². The van der Waals surface area contributed by atoms with Gasteiger partial charge in [0.15, 0.2) is 0 Å². The van der Waals surface area contributed by atoms with Crippen LogP contribution in [0, 0.1) is 16.7 Å². The molecule has 3 heteroatoms. The van der Waals surface area contributed by atoms with Gasteiger partial charge in [0.1, 0.15) is 17.6 Å². The predicted molar refractivity (Wildman–Crippen MR) is 73.4 cm³/mol. The zero-order valence-electron chi connectivity index (χ0n) is 11.7. The fourth-order valence-corrected chi connectivity index (χ4v) is 2.99. The molecule has 19 heavy (non-hydrogen) atoms. The molecule has 1 aliphatic rings. The van der Waals surface area contributed by atoms with Gasteiger partial charge in [-0.1, -0.05) is 39.0 Å². The van der Waals surface area contributed by atoms with Crippen molar-refractivity contribution in [2.24, 2.45) is 5.41 Å². The molecule has 0 amide bonds. The zero-order valence-corrected chi connectivity index (χ0v) is 11.7. The monoisotopic (exact) mass is 261 g/mol. The van der Waals surface area contributed by atoms with Crippen LogP contribution in [-0.4, -0.2) is 5.11 Å². The predicted octanol–water partition coefficient (Wildman–Crippen LogP) is 4.13. The summed E-state index contributed by atoms with van der Waals surface area (Å²) in [6.07, 6.45) is 7.17. The van der Waals surface area contributed by atoms with Gasteiger partial charge in [-0.3, -0.25) is 0 Å². The highest BCUT2D eigenvalue weighted by Crippen LogP contribution is 2.44. The average molecular weight is 261 g/mol. The molecule has 1 unspecified atom stereocenters. The quantitative estimate of drug-likeness (QED) is 0.890. The molecule has 1 aliphatic carbocycles. The first-order chi connectivity index (χ1) is 9.22. The number of aliphatic hydroxyl groups excluding tert-OH is 1. The molecule has 3 nitrogen and oxygen atoms in total. The van der Waals surface area contributed by atoms with Crippen molar-refractivity contribution in [2.75, 3.05) is 0 Å². The van der Waals surface area contributed by atoms with Gasteiger partial charge in [-0.25, -0.2) is 0 Å². The summed E-state index contributed by atoms with van der Waals surface area (Å²) in [6, 6.07) is 6.12. The maximum atomic E-state index is 10.6. The summed E-state index contributed by atoms with van der Waals surface area (Å²) in [6.45, 7) is 2.02. The highest BCUT2D eigenvalue weighted by Gasteiger charge is 2.40. The maximum absolute atomic E-state index is 10.6. The van der Waals surface area contributed by atoms with Gasteiger partial charge in [-0.2, -0.15) is 5.26 Å². The average Bonchev–Trinajstić information content (AvgIpc) is 2.87. The van der Waals surface area contributed by atoms with Crippen molar-refractivity contribution < 1.29 is 9.52 Å². The van der Waals surface area contributed by atoms with Crippen LogP contribution < -0.4 is 0 Å². The Balaban J connectivity index is 2.20. The lowest BCUT2D eigenvalue weighted by molar-refractivity contribution is 0.0258. The second kappa shape index (κ2) is 6.25. The van der Waals surface area contributed by atoms with E-state index in [4.69, 9.17) is 4.42 Å². The smallest absolute Gasteiger partial charge is 0.134 e. The molecule has 1 atom stereocenters. The summed E-state index contributed by atoms with van der Waals surface area (Å²) in [7, 11) is 0. The molecule has 1 heterocycles. The summed E-state index contributed by atoms with van der Waals surface area (Å²) in [5.41, 5.74) is -0.663. The summed E-state index contributed by atoms with van der Waals surface area (Å²) in [5.74, 6) is 1.42. The van der Waals surface area contributed by atoms with Crippen molar-refractivity contribution in [3.8, 4) is 6.07 Å². The van der Waals surface area contributed by atoms with Gasteiger partial charge < -0.3 is 9.52 Å². The third-order valence-corrected chi connectivity index (χ3v) is 4.29. The standard InChI is InChI=1S/C16H23NO2/c1-2-13-8-9-14(19-13)15(18)16(12-17)10-6-4-3-5-7-11-16/h8-9,15,18H,2-7,10-11H2,1H3. The summed E-state index contributed by atoms with van der Waals surface area (Å²) < 4.78 is 5.65. The number of aliphatic hydroxyl groups is 1. The lowest BCUT2D eigenvalue weighted by Crippen LogP contribution is -2.28. The van der Waals surface area contributed by atoms with E-state index < -0.39 is 11.5 Å². The fourth-order valence-electron chi connectivity index (χ4n) is 2.99. The van der Waals surface area contributed by atoms with E-state index in [1.54, 1.807) is 0 Å². The largest absolute Gasteiger partial charge is 0.463 e. The van der Waals surface area contributed by atoms with Crippen molar-refractivity contribution >= 4 is 0 Å². The Kier molecular flexibility index (Phi) is 4.66. The SMILES string of the molecule is CCc1ccc(C(O)C2(C#N)CCCCCCC2)o1. The number of nitriles is 1. The third kappa shape index (κ3) is 3.01. The van der Waals surface area contributed by atoms with Gasteiger partial charge in [0.2, 0.25) is 0 Å². The van der Waals surface area contributed by atoms with Crippen LogP contribution in [0.25, 0.3) is 0 Å². The number of aryl methyl sites for hydroxylation is 1. The second-order valence-corrected chi connectivity index (χ2v) is 5.60. The first-order valence-electron chi connectivity index (χ1n) is 7.40. The first kappa shape index (κ1) is 14.1. The molecule has 0 bridgehead atoms. The topological polar surface area (TPSA) is 57.2 Å². The number of rotatable bonds is 3. The highest BCUT2D eigenvalue weighted by atomic mass is 16.4. The van der Waals surface area contributed by atoms with Gasteiger partial charge in [-0.15, -0.1) is 0 Å². The maximum Gasteiger partial charge on any atom is 0.134 e. The Labute approximate surface area is 115 Å². The number of hydrogen-bond donors (Lipinski definition) is 1. The van der Waals surface area contributed by atoms with Crippen molar-refractivity contribution in [1.29, 1.82) is 5.26 Å². The molecule has 0 aliphatic heterocycles. The highest BCUT2D eigenvalue weighted by molar-refractivity contribution is 5.16. The molecule has 1 aromatic rings. The van der Waals surface area contributed by atoms with E-state index in [-0.39, 0.29) is 0 Å². The Morgan fingerprint density at radius 2 is 1.89 bits per heavy atom. The molecule has 1 fully saturated rings. The molecule has 0 radical (unpaired) electrons. The van der Waals surface area contributed by atoms with Crippen LogP contribution in [0.3, 0.4) is 0 Å². The number of hydrogen-bond acceptors (Lipinski definition) is 3. The molecule has 0 aromatic carbocycles. The fraction of sp³-hybridized carbons (Fsp3) is 0.688.